The predicted molar refractivity (Wildman–Crippen MR) is 56.5 cm³/mol. The first kappa shape index (κ1) is 11.2. The van der Waals surface area contributed by atoms with Crippen LogP contribution in [0.4, 0.5) is 0 Å². The van der Waals surface area contributed by atoms with E-state index in [-0.39, 0.29) is 5.78 Å². The average molecular weight is 204 g/mol. The number of esters is 1. The normalized spacial score (nSPS) is 10.2. The third-order valence-electron chi connectivity index (χ3n) is 1.72. The van der Waals surface area contributed by atoms with Crippen LogP contribution in [0.2, 0.25) is 0 Å². The summed E-state index contributed by atoms with van der Waals surface area (Å²) in [5.41, 5.74) is 0.554. The van der Waals surface area contributed by atoms with Crippen molar-refractivity contribution in [2.45, 2.75) is 6.92 Å². The lowest BCUT2D eigenvalue weighted by molar-refractivity contribution is -0.137. The Bertz CT molecular complexity index is 366. The summed E-state index contributed by atoms with van der Waals surface area (Å²) >= 11 is 0. The summed E-state index contributed by atoms with van der Waals surface area (Å²) < 4.78 is 4.65. The van der Waals surface area contributed by atoms with Crippen molar-refractivity contribution in [3.05, 3.63) is 48.0 Å². The number of ketones is 1. The van der Waals surface area contributed by atoms with E-state index in [4.69, 9.17) is 0 Å². The molecule has 0 spiro atoms. The first-order valence-corrected chi connectivity index (χ1v) is 4.68. The van der Waals surface area contributed by atoms with E-state index in [1.807, 2.05) is 6.07 Å². The number of hydrogen-bond donors (Lipinski definition) is 0. The largest absolute Gasteiger partial charge is 0.463 e. The quantitative estimate of drug-likeness (QED) is 0.428. The van der Waals surface area contributed by atoms with Gasteiger partial charge in [0.05, 0.1) is 6.61 Å². The summed E-state index contributed by atoms with van der Waals surface area (Å²) in [5.74, 6) is -0.703. The minimum absolute atomic E-state index is 0.205. The van der Waals surface area contributed by atoms with Crippen LogP contribution < -0.4 is 0 Å². The number of ether oxygens (including phenoxy) is 1. The third kappa shape index (κ3) is 3.77. The number of hydrogen-bond acceptors (Lipinski definition) is 3. The summed E-state index contributed by atoms with van der Waals surface area (Å²) in [6.45, 7) is 2.02. The van der Waals surface area contributed by atoms with E-state index in [0.717, 1.165) is 6.08 Å². The van der Waals surface area contributed by atoms with Gasteiger partial charge in [0.25, 0.3) is 0 Å². The molecule has 0 saturated heterocycles. The zero-order valence-electron chi connectivity index (χ0n) is 8.47. The van der Waals surface area contributed by atoms with Crippen molar-refractivity contribution in [2.75, 3.05) is 6.61 Å². The highest BCUT2D eigenvalue weighted by atomic mass is 16.5. The van der Waals surface area contributed by atoms with Crippen LogP contribution in [0.3, 0.4) is 0 Å². The van der Waals surface area contributed by atoms with E-state index < -0.39 is 5.97 Å². The molecule has 0 amide bonds. The number of carbonyl (C=O) groups is 2. The fraction of sp³-hybridized carbons (Fsp3) is 0.167. The minimum Gasteiger partial charge on any atom is -0.463 e. The summed E-state index contributed by atoms with van der Waals surface area (Å²) in [4.78, 5) is 22.4. The Balaban J connectivity index is 2.60. The molecule has 0 aromatic heterocycles. The van der Waals surface area contributed by atoms with Gasteiger partial charge in [-0.1, -0.05) is 30.3 Å². The number of allylic oxidation sites excluding steroid dienone is 1. The summed E-state index contributed by atoms with van der Waals surface area (Å²) in [7, 11) is 0. The second kappa shape index (κ2) is 5.75. The van der Waals surface area contributed by atoms with E-state index in [2.05, 4.69) is 4.74 Å². The Hall–Kier alpha value is -1.90. The molecule has 0 aliphatic rings. The van der Waals surface area contributed by atoms with Crippen LogP contribution in [-0.4, -0.2) is 18.4 Å². The van der Waals surface area contributed by atoms with Crippen LogP contribution in [0, 0.1) is 0 Å². The molecule has 0 N–H and O–H groups in total. The molecule has 1 rings (SSSR count). The molecule has 0 fully saturated rings. The van der Waals surface area contributed by atoms with Crippen molar-refractivity contribution < 1.29 is 14.3 Å². The fourth-order valence-corrected chi connectivity index (χ4v) is 1.03. The lowest BCUT2D eigenvalue weighted by atomic mass is 10.1. The molecule has 3 nitrogen and oxygen atoms in total. The monoisotopic (exact) mass is 204 g/mol. The van der Waals surface area contributed by atoms with Gasteiger partial charge in [-0.05, 0) is 13.0 Å². The van der Waals surface area contributed by atoms with Crippen LogP contribution in [0.25, 0.3) is 0 Å². The Labute approximate surface area is 88.4 Å². The van der Waals surface area contributed by atoms with Gasteiger partial charge in [-0.3, -0.25) is 4.79 Å². The molecule has 0 heterocycles. The zero-order chi connectivity index (χ0) is 11.1. The Morgan fingerprint density at radius 3 is 2.47 bits per heavy atom. The standard InChI is InChI=1S/C12H12O3/c1-2-15-12(14)9-8-11(13)10-6-4-3-5-7-10/h3-9H,2H2,1H3/b9-8+. The van der Waals surface area contributed by atoms with Gasteiger partial charge < -0.3 is 4.74 Å². The first-order valence-electron chi connectivity index (χ1n) is 4.68. The molecule has 78 valence electrons. The van der Waals surface area contributed by atoms with Gasteiger partial charge in [0.1, 0.15) is 0 Å². The SMILES string of the molecule is CCOC(=O)/C=C/C(=O)c1ccccc1. The van der Waals surface area contributed by atoms with Gasteiger partial charge in [0.15, 0.2) is 5.78 Å². The molecule has 3 heteroatoms. The van der Waals surface area contributed by atoms with Gasteiger partial charge in [-0.2, -0.15) is 0 Å². The molecular weight excluding hydrogens is 192 g/mol. The van der Waals surface area contributed by atoms with E-state index >= 15 is 0 Å². The fourth-order valence-electron chi connectivity index (χ4n) is 1.03. The maximum Gasteiger partial charge on any atom is 0.330 e. The van der Waals surface area contributed by atoms with Crippen LogP contribution in [0.1, 0.15) is 17.3 Å². The van der Waals surface area contributed by atoms with Crippen molar-refractivity contribution in [3.8, 4) is 0 Å². The lowest BCUT2D eigenvalue weighted by Crippen LogP contribution is -2.01. The van der Waals surface area contributed by atoms with Crippen LogP contribution in [0.15, 0.2) is 42.5 Å². The molecule has 0 aliphatic carbocycles. The highest BCUT2D eigenvalue weighted by Gasteiger charge is 2.01. The van der Waals surface area contributed by atoms with E-state index in [0.29, 0.717) is 12.2 Å². The molecule has 0 saturated carbocycles. The number of benzene rings is 1. The molecule has 15 heavy (non-hydrogen) atoms. The van der Waals surface area contributed by atoms with E-state index in [1.54, 1.807) is 31.2 Å². The topological polar surface area (TPSA) is 43.4 Å². The summed E-state index contributed by atoms with van der Waals surface area (Å²) in [6.07, 6.45) is 2.35. The highest BCUT2D eigenvalue weighted by molar-refractivity contribution is 6.06. The second-order valence-corrected chi connectivity index (χ2v) is 2.82. The third-order valence-corrected chi connectivity index (χ3v) is 1.72. The zero-order valence-corrected chi connectivity index (χ0v) is 8.47. The molecule has 0 unspecified atom stereocenters. The van der Waals surface area contributed by atoms with Gasteiger partial charge in [0, 0.05) is 11.6 Å². The Kier molecular flexibility index (Phi) is 4.29. The van der Waals surface area contributed by atoms with Crippen molar-refractivity contribution >= 4 is 11.8 Å². The van der Waals surface area contributed by atoms with Crippen LogP contribution >= 0.6 is 0 Å². The number of rotatable bonds is 4. The molecule has 0 radical (unpaired) electrons. The van der Waals surface area contributed by atoms with E-state index in [1.165, 1.54) is 6.08 Å². The van der Waals surface area contributed by atoms with E-state index in [9.17, 15) is 9.59 Å². The second-order valence-electron chi connectivity index (χ2n) is 2.82. The lowest BCUT2D eigenvalue weighted by Gasteiger charge is -1.95. The molecule has 1 aromatic rings. The Morgan fingerprint density at radius 2 is 1.87 bits per heavy atom. The molecular formula is C12H12O3. The molecule has 0 aliphatic heterocycles. The average Bonchev–Trinajstić information content (AvgIpc) is 2.27. The van der Waals surface area contributed by atoms with Gasteiger partial charge >= 0.3 is 5.97 Å². The van der Waals surface area contributed by atoms with Crippen LogP contribution in [-0.2, 0) is 9.53 Å². The summed E-state index contributed by atoms with van der Waals surface area (Å²) in [6, 6.07) is 8.75. The van der Waals surface area contributed by atoms with Crippen molar-refractivity contribution in [1.29, 1.82) is 0 Å². The maximum atomic E-state index is 11.5. The first-order chi connectivity index (χ1) is 7.24. The smallest absolute Gasteiger partial charge is 0.330 e. The molecule has 0 bridgehead atoms. The van der Waals surface area contributed by atoms with Gasteiger partial charge in [-0.15, -0.1) is 0 Å². The highest BCUT2D eigenvalue weighted by Crippen LogP contribution is 2.00. The molecule has 0 atom stereocenters. The van der Waals surface area contributed by atoms with Crippen molar-refractivity contribution in [2.24, 2.45) is 0 Å². The molecule has 1 aromatic carbocycles. The minimum atomic E-state index is -0.498. The number of carbonyl (C=O) groups excluding carboxylic acids is 2. The van der Waals surface area contributed by atoms with Crippen molar-refractivity contribution in [1.82, 2.24) is 0 Å². The van der Waals surface area contributed by atoms with Crippen LogP contribution in [0.5, 0.6) is 0 Å². The predicted octanol–water partition coefficient (Wildman–Crippen LogP) is 1.99. The van der Waals surface area contributed by atoms with Crippen molar-refractivity contribution in [3.63, 3.8) is 0 Å². The maximum absolute atomic E-state index is 11.5. The van der Waals surface area contributed by atoms with Gasteiger partial charge in [0.2, 0.25) is 0 Å². The Morgan fingerprint density at radius 1 is 1.20 bits per heavy atom. The van der Waals surface area contributed by atoms with Gasteiger partial charge in [-0.25, -0.2) is 4.79 Å². The summed E-state index contributed by atoms with van der Waals surface area (Å²) in [5, 5.41) is 0.